The monoisotopic (exact) mass is 372 g/mol. The molecule has 0 saturated heterocycles. The highest BCUT2D eigenvalue weighted by molar-refractivity contribution is 6.03. The average Bonchev–Trinajstić information content (AvgIpc) is 3.36. The molecule has 4 aromatic rings. The Labute approximate surface area is 162 Å². The maximum absolute atomic E-state index is 12.2. The Hall–Kier alpha value is -3.67. The van der Waals surface area contributed by atoms with Gasteiger partial charge in [-0.15, -0.1) is 10.2 Å². The number of nitrogens with zero attached hydrogens (tertiary/aromatic N) is 3. The predicted molar refractivity (Wildman–Crippen MR) is 109 cm³/mol. The van der Waals surface area contributed by atoms with Gasteiger partial charge in [-0.2, -0.15) is 4.80 Å². The molecule has 1 N–H and O–H groups in total. The molecule has 0 aliphatic heterocycles. The molecule has 2 aromatic carbocycles. The van der Waals surface area contributed by atoms with E-state index in [-0.39, 0.29) is 5.91 Å². The van der Waals surface area contributed by atoms with Crippen LogP contribution >= 0.6 is 0 Å². The van der Waals surface area contributed by atoms with E-state index in [9.17, 15) is 4.79 Å². The lowest BCUT2D eigenvalue weighted by Crippen LogP contribution is -2.08. The van der Waals surface area contributed by atoms with E-state index in [4.69, 9.17) is 4.42 Å². The number of aromatic nitrogens is 3. The molecular formula is C22H20N4O2. The Balaban J connectivity index is 1.58. The topological polar surface area (TPSA) is 73.0 Å². The van der Waals surface area contributed by atoms with Crippen molar-refractivity contribution < 1.29 is 9.21 Å². The third-order valence-electron chi connectivity index (χ3n) is 4.50. The molecule has 0 atom stereocenters. The highest BCUT2D eigenvalue weighted by atomic mass is 16.3. The lowest BCUT2D eigenvalue weighted by molar-refractivity contribution is -0.111. The van der Waals surface area contributed by atoms with Crippen LogP contribution < -0.4 is 5.32 Å². The number of aryl methyl sites for hydroxylation is 2. The van der Waals surface area contributed by atoms with Crippen molar-refractivity contribution in [2.75, 3.05) is 5.32 Å². The van der Waals surface area contributed by atoms with Crippen molar-refractivity contribution in [2.45, 2.75) is 20.3 Å². The Bertz CT molecular complexity index is 1140. The van der Waals surface area contributed by atoms with Gasteiger partial charge >= 0.3 is 0 Å². The molecule has 0 unspecified atom stereocenters. The molecule has 2 heterocycles. The van der Waals surface area contributed by atoms with Crippen LogP contribution in [-0.2, 0) is 11.2 Å². The summed E-state index contributed by atoms with van der Waals surface area (Å²) in [7, 11) is 0. The van der Waals surface area contributed by atoms with Crippen molar-refractivity contribution in [1.29, 1.82) is 0 Å². The summed E-state index contributed by atoms with van der Waals surface area (Å²) in [5.41, 5.74) is 5.29. The van der Waals surface area contributed by atoms with Gasteiger partial charge in [0.15, 0.2) is 0 Å². The van der Waals surface area contributed by atoms with Gasteiger partial charge in [-0.25, -0.2) is 0 Å². The second-order valence-electron chi connectivity index (χ2n) is 6.50. The van der Waals surface area contributed by atoms with E-state index in [2.05, 4.69) is 34.6 Å². The van der Waals surface area contributed by atoms with E-state index >= 15 is 0 Å². The van der Waals surface area contributed by atoms with E-state index in [1.165, 1.54) is 11.6 Å². The van der Waals surface area contributed by atoms with Gasteiger partial charge in [0.05, 0.1) is 12.0 Å². The van der Waals surface area contributed by atoms with Crippen LogP contribution in [0.4, 0.5) is 5.69 Å². The summed E-state index contributed by atoms with van der Waals surface area (Å²) in [6.07, 6.45) is 5.62. The van der Waals surface area contributed by atoms with Crippen LogP contribution in [0.2, 0.25) is 0 Å². The molecule has 28 heavy (non-hydrogen) atoms. The second-order valence-corrected chi connectivity index (χ2v) is 6.50. The minimum Gasteiger partial charge on any atom is -0.465 e. The maximum atomic E-state index is 12.2. The molecule has 0 saturated carbocycles. The fraction of sp³-hybridized carbons (Fsp3) is 0.136. The number of anilines is 1. The number of benzene rings is 2. The number of carbonyl (C=O) groups is 1. The zero-order valence-electron chi connectivity index (χ0n) is 15.7. The minimum atomic E-state index is -0.235. The summed E-state index contributed by atoms with van der Waals surface area (Å²) in [4.78, 5) is 13.8. The summed E-state index contributed by atoms with van der Waals surface area (Å²) < 4.78 is 5.19. The van der Waals surface area contributed by atoms with Gasteiger partial charge in [-0.05, 0) is 66.9 Å². The minimum absolute atomic E-state index is 0.235. The summed E-state index contributed by atoms with van der Waals surface area (Å²) in [5.74, 6) is 0.390. The first-order valence-corrected chi connectivity index (χ1v) is 9.12. The summed E-state index contributed by atoms with van der Waals surface area (Å²) in [5, 5.41) is 12.0. The quantitative estimate of drug-likeness (QED) is 0.522. The number of hydrogen-bond acceptors (Lipinski definition) is 4. The summed E-state index contributed by atoms with van der Waals surface area (Å²) in [6, 6.07) is 15.5. The number of furan rings is 1. The van der Waals surface area contributed by atoms with Crippen molar-refractivity contribution in [3.63, 3.8) is 0 Å². The predicted octanol–water partition coefficient (Wildman–Crippen LogP) is 4.54. The third kappa shape index (κ3) is 3.71. The van der Waals surface area contributed by atoms with Crippen LogP contribution in [0.3, 0.4) is 0 Å². The zero-order chi connectivity index (χ0) is 19.5. The van der Waals surface area contributed by atoms with E-state index in [1.807, 2.05) is 31.2 Å². The number of fused-ring (bicyclic) bond motifs is 1. The highest BCUT2D eigenvalue weighted by Gasteiger charge is 2.10. The molecule has 0 aliphatic rings. The van der Waals surface area contributed by atoms with Crippen LogP contribution in [0, 0.1) is 6.92 Å². The van der Waals surface area contributed by atoms with E-state index < -0.39 is 0 Å². The lowest BCUT2D eigenvalue weighted by atomic mass is 10.1. The highest BCUT2D eigenvalue weighted by Crippen LogP contribution is 2.22. The maximum Gasteiger partial charge on any atom is 0.248 e. The van der Waals surface area contributed by atoms with Crippen molar-refractivity contribution >= 4 is 28.7 Å². The number of nitrogens with one attached hydrogen (secondary N) is 1. The van der Waals surface area contributed by atoms with Gasteiger partial charge in [0.25, 0.3) is 0 Å². The molecule has 0 bridgehead atoms. The van der Waals surface area contributed by atoms with Crippen LogP contribution in [0.5, 0.6) is 0 Å². The third-order valence-corrected chi connectivity index (χ3v) is 4.50. The standard InChI is InChI=1S/C22H20N4O2/c1-3-16-6-8-17(9-7-16)26-24-20-13-15(2)19(14-21(20)25-26)23-22(27)11-10-18-5-4-12-28-18/h4-14H,3H2,1-2H3,(H,23,27)/b11-10+. The number of rotatable bonds is 5. The van der Waals surface area contributed by atoms with Gasteiger partial charge in [0.2, 0.25) is 5.91 Å². The number of amides is 1. The molecule has 140 valence electrons. The van der Waals surface area contributed by atoms with E-state index in [0.717, 1.165) is 28.7 Å². The smallest absolute Gasteiger partial charge is 0.248 e. The molecule has 0 radical (unpaired) electrons. The normalized spacial score (nSPS) is 11.4. The van der Waals surface area contributed by atoms with E-state index in [1.54, 1.807) is 29.3 Å². The Morgan fingerprint density at radius 3 is 2.57 bits per heavy atom. The first-order valence-electron chi connectivity index (χ1n) is 9.12. The molecule has 0 spiro atoms. The van der Waals surface area contributed by atoms with Crippen LogP contribution in [-0.4, -0.2) is 20.9 Å². The SMILES string of the molecule is CCc1ccc(-n2nc3cc(C)c(NC(=O)/C=C/c4ccco4)cc3n2)cc1. The van der Waals surface area contributed by atoms with Gasteiger partial charge in [-0.1, -0.05) is 19.1 Å². The molecule has 6 heteroatoms. The van der Waals surface area contributed by atoms with Crippen molar-refractivity contribution in [3.8, 4) is 5.69 Å². The molecule has 0 aliphatic carbocycles. The molecule has 4 rings (SSSR count). The lowest BCUT2D eigenvalue weighted by Gasteiger charge is -2.05. The van der Waals surface area contributed by atoms with Crippen molar-refractivity contribution in [1.82, 2.24) is 15.0 Å². The first-order chi connectivity index (χ1) is 13.6. The van der Waals surface area contributed by atoms with E-state index in [0.29, 0.717) is 11.4 Å². The first kappa shape index (κ1) is 17.7. The van der Waals surface area contributed by atoms with Crippen LogP contribution in [0.1, 0.15) is 23.8 Å². The summed E-state index contributed by atoms with van der Waals surface area (Å²) in [6.45, 7) is 4.05. The molecule has 6 nitrogen and oxygen atoms in total. The van der Waals surface area contributed by atoms with Crippen molar-refractivity contribution in [2.24, 2.45) is 0 Å². The molecule has 0 fully saturated rings. The van der Waals surface area contributed by atoms with Gasteiger partial charge < -0.3 is 9.73 Å². The fourth-order valence-corrected chi connectivity index (χ4v) is 2.90. The average molecular weight is 372 g/mol. The molecule has 1 amide bonds. The number of hydrogen-bond donors (Lipinski definition) is 1. The van der Waals surface area contributed by atoms with Crippen LogP contribution in [0.25, 0.3) is 22.8 Å². The van der Waals surface area contributed by atoms with Crippen molar-refractivity contribution in [3.05, 3.63) is 77.8 Å². The second kappa shape index (κ2) is 7.52. The van der Waals surface area contributed by atoms with Gasteiger partial charge in [-0.3, -0.25) is 4.79 Å². The number of carbonyl (C=O) groups excluding carboxylic acids is 1. The zero-order valence-corrected chi connectivity index (χ0v) is 15.7. The Morgan fingerprint density at radius 2 is 1.89 bits per heavy atom. The van der Waals surface area contributed by atoms with Crippen LogP contribution in [0.15, 0.2) is 65.3 Å². The Kier molecular flexibility index (Phi) is 4.76. The summed E-state index contributed by atoms with van der Waals surface area (Å²) >= 11 is 0. The molecular weight excluding hydrogens is 352 g/mol. The molecule has 2 aromatic heterocycles. The van der Waals surface area contributed by atoms with Gasteiger partial charge in [0, 0.05) is 11.8 Å². The Morgan fingerprint density at radius 1 is 1.14 bits per heavy atom. The largest absolute Gasteiger partial charge is 0.465 e. The fourth-order valence-electron chi connectivity index (χ4n) is 2.90. The van der Waals surface area contributed by atoms with Gasteiger partial charge in [0.1, 0.15) is 16.8 Å².